The molecule has 46 heavy (non-hydrogen) atoms. The van der Waals surface area contributed by atoms with Crippen molar-refractivity contribution in [1.82, 2.24) is 5.48 Å². The quantitative estimate of drug-likeness (QED) is 0.153. The fourth-order valence-electron chi connectivity index (χ4n) is 6.72. The molecule has 0 saturated heterocycles. The topological polar surface area (TPSA) is 86.3 Å². The van der Waals surface area contributed by atoms with Crippen LogP contribution in [0.3, 0.4) is 0 Å². The van der Waals surface area contributed by atoms with Gasteiger partial charge in [0.2, 0.25) is 0 Å². The first-order valence-corrected chi connectivity index (χ1v) is 15.8. The SMILES string of the molecule is O=C(NO[C@@H]1C[C@@H](OCc2ccc3ccccc3c2)[C@H](COCc2ccccc2)[C@H]1O)OCC1c2ccccc2-c2ccccc21. The molecule has 7 rings (SSSR count). The lowest BCUT2D eigenvalue weighted by Gasteiger charge is -2.23. The lowest BCUT2D eigenvalue weighted by Crippen LogP contribution is -2.37. The Morgan fingerprint density at radius 1 is 0.696 bits per heavy atom. The van der Waals surface area contributed by atoms with Crippen molar-refractivity contribution >= 4 is 16.9 Å². The van der Waals surface area contributed by atoms with E-state index in [1.54, 1.807) is 0 Å². The number of carbonyl (C=O) groups is 1. The van der Waals surface area contributed by atoms with Crippen molar-refractivity contribution in [1.29, 1.82) is 0 Å². The number of hydroxylamine groups is 1. The second kappa shape index (κ2) is 13.8. The van der Waals surface area contributed by atoms with Crippen LogP contribution in [-0.2, 0) is 32.3 Å². The summed E-state index contributed by atoms with van der Waals surface area (Å²) in [6.45, 7) is 1.25. The summed E-state index contributed by atoms with van der Waals surface area (Å²) >= 11 is 0. The molecule has 1 fully saturated rings. The molecule has 0 bridgehead atoms. The van der Waals surface area contributed by atoms with Crippen molar-refractivity contribution in [3.8, 4) is 11.1 Å². The molecule has 2 N–H and O–H groups in total. The van der Waals surface area contributed by atoms with Gasteiger partial charge in [0.25, 0.3) is 0 Å². The Bertz CT molecular complexity index is 1750. The van der Waals surface area contributed by atoms with Gasteiger partial charge in [-0.1, -0.05) is 115 Å². The number of benzene rings is 5. The molecule has 7 heteroatoms. The average Bonchev–Trinajstić information content (AvgIpc) is 3.59. The molecule has 0 aromatic heterocycles. The van der Waals surface area contributed by atoms with Crippen molar-refractivity contribution in [3.05, 3.63) is 144 Å². The van der Waals surface area contributed by atoms with Crippen molar-refractivity contribution in [2.75, 3.05) is 13.2 Å². The third kappa shape index (κ3) is 6.55. The number of rotatable bonds is 11. The normalized spacial score (nSPS) is 20.4. The lowest BCUT2D eigenvalue weighted by molar-refractivity contribution is -0.0854. The Labute approximate surface area is 268 Å². The summed E-state index contributed by atoms with van der Waals surface area (Å²) in [5.41, 5.74) is 9.10. The molecular weight excluding hydrogens is 578 g/mol. The maximum atomic E-state index is 12.8. The van der Waals surface area contributed by atoms with Crippen LogP contribution in [0.25, 0.3) is 21.9 Å². The Hall–Kier alpha value is -4.53. The highest BCUT2D eigenvalue weighted by Gasteiger charge is 2.45. The minimum absolute atomic E-state index is 0.0609. The highest BCUT2D eigenvalue weighted by molar-refractivity contribution is 5.83. The molecule has 2 aliphatic rings. The number of hydrogen-bond acceptors (Lipinski definition) is 6. The van der Waals surface area contributed by atoms with Gasteiger partial charge in [0.05, 0.1) is 32.0 Å². The first kappa shape index (κ1) is 30.1. The van der Waals surface area contributed by atoms with Crippen LogP contribution in [0.5, 0.6) is 0 Å². The minimum Gasteiger partial charge on any atom is -0.447 e. The smallest absolute Gasteiger partial charge is 0.431 e. The summed E-state index contributed by atoms with van der Waals surface area (Å²) in [5, 5.41) is 13.6. The van der Waals surface area contributed by atoms with Crippen molar-refractivity contribution < 1.29 is 28.9 Å². The third-order valence-corrected chi connectivity index (χ3v) is 9.10. The summed E-state index contributed by atoms with van der Waals surface area (Å²) in [4.78, 5) is 18.6. The highest BCUT2D eigenvalue weighted by Crippen LogP contribution is 2.44. The first-order chi connectivity index (χ1) is 22.6. The molecule has 7 nitrogen and oxygen atoms in total. The van der Waals surface area contributed by atoms with Gasteiger partial charge in [0.15, 0.2) is 0 Å². The van der Waals surface area contributed by atoms with Gasteiger partial charge in [-0.3, -0.25) is 4.84 Å². The van der Waals surface area contributed by atoms with Gasteiger partial charge in [-0.05, 0) is 50.2 Å². The average molecular weight is 616 g/mol. The third-order valence-electron chi connectivity index (χ3n) is 9.10. The molecule has 5 aromatic rings. The van der Waals surface area contributed by atoms with E-state index in [1.165, 1.54) is 5.39 Å². The molecular formula is C39H37NO6. The van der Waals surface area contributed by atoms with Crippen LogP contribution in [0.4, 0.5) is 4.79 Å². The minimum atomic E-state index is -0.911. The second-order valence-electron chi connectivity index (χ2n) is 12.0. The van der Waals surface area contributed by atoms with Gasteiger partial charge >= 0.3 is 6.09 Å². The number of hydrogen-bond donors (Lipinski definition) is 2. The van der Waals surface area contributed by atoms with Crippen LogP contribution in [0.1, 0.15) is 34.6 Å². The molecule has 0 heterocycles. The monoisotopic (exact) mass is 615 g/mol. The van der Waals surface area contributed by atoms with E-state index in [-0.39, 0.29) is 31.2 Å². The summed E-state index contributed by atoms with van der Waals surface area (Å²) in [6, 6.07) is 40.8. The highest BCUT2D eigenvalue weighted by atomic mass is 16.7. The molecule has 1 saturated carbocycles. The lowest BCUT2D eigenvalue weighted by atomic mass is 9.98. The van der Waals surface area contributed by atoms with Crippen molar-refractivity contribution in [2.24, 2.45) is 5.92 Å². The van der Waals surface area contributed by atoms with E-state index in [1.807, 2.05) is 66.7 Å². The van der Waals surface area contributed by atoms with Crippen molar-refractivity contribution in [3.63, 3.8) is 0 Å². The van der Waals surface area contributed by atoms with E-state index in [9.17, 15) is 9.90 Å². The second-order valence-corrected chi connectivity index (χ2v) is 12.0. The Morgan fingerprint density at radius 3 is 2.13 bits per heavy atom. The molecule has 1 amide bonds. The van der Waals surface area contributed by atoms with Gasteiger partial charge in [0.1, 0.15) is 12.7 Å². The molecule has 0 spiro atoms. The molecule has 5 aromatic carbocycles. The first-order valence-electron chi connectivity index (χ1n) is 15.8. The zero-order valence-electron chi connectivity index (χ0n) is 25.5. The van der Waals surface area contributed by atoms with Crippen LogP contribution in [-0.4, -0.2) is 42.7 Å². The molecule has 234 valence electrons. The number of aliphatic hydroxyl groups is 1. The number of nitrogens with one attached hydrogen (secondary N) is 1. The summed E-state index contributed by atoms with van der Waals surface area (Å²) in [6.07, 6.45) is -2.26. The van der Waals surface area contributed by atoms with Crippen LogP contribution in [0.15, 0.2) is 121 Å². The molecule has 4 atom stereocenters. The standard InChI is InChI=1S/C39H37NO6/c41-38-35(24-43-22-26-10-2-1-3-11-26)36(44-23-27-18-19-28-12-4-5-13-29(28)20-27)21-37(38)46-40-39(42)45-25-34-32-16-8-6-14-30(32)31-15-7-9-17-33(31)34/h1-20,34-38,41H,21-25H2,(H,40,42)/t35-,36+,37+,38+/m0/s1. The molecule has 0 aliphatic heterocycles. The van der Waals surface area contributed by atoms with Crippen molar-refractivity contribution in [2.45, 2.75) is 43.9 Å². The number of amides is 1. The van der Waals surface area contributed by atoms with Gasteiger partial charge in [-0.25, -0.2) is 4.79 Å². The molecule has 0 radical (unpaired) electrons. The zero-order valence-corrected chi connectivity index (χ0v) is 25.5. The van der Waals surface area contributed by atoms with E-state index in [4.69, 9.17) is 19.0 Å². The number of fused-ring (bicyclic) bond motifs is 4. The van der Waals surface area contributed by atoms with Crippen LogP contribution < -0.4 is 5.48 Å². The molecule has 2 aliphatic carbocycles. The maximum absolute atomic E-state index is 12.8. The van der Waals surface area contributed by atoms with Gasteiger partial charge in [-0.15, -0.1) is 0 Å². The molecule has 0 unspecified atom stereocenters. The summed E-state index contributed by atoms with van der Waals surface area (Å²) < 4.78 is 18.0. The summed E-state index contributed by atoms with van der Waals surface area (Å²) in [7, 11) is 0. The maximum Gasteiger partial charge on any atom is 0.431 e. The van der Waals surface area contributed by atoms with E-state index >= 15 is 0 Å². The van der Waals surface area contributed by atoms with Crippen LogP contribution >= 0.6 is 0 Å². The predicted molar refractivity (Wildman–Crippen MR) is 176 cm³/mol. The largest absolute Gasteiger partial charge is 0.447 e. The van der Waals surface area contributed by atoms with E-state index in [0.717, 1.165) is 38.8 Å². The fourth-order valence-corrected chi connectivity index (χ4v) is 6.72. The zero-order chi connectivity index (χ0) is 31.3. The number of ether oxygens (including phenoxy) is 3. The number of carbonyl (C=O) groups excluding carboxylic acids is 1. The predicted octanol–water partition coefficient (Wildman–Crippen LogP) is 7.16. The van der Waals surface area contributed by atoms with Gasteiger partial charge in [-0.2, -0.15) is 5.48 Å². The van der Waals surface area contributed by atoms with Crippen LogP contribution in [0, 0.1) is 5.92 Å². The number of aliphatic hydroxyl groups excluding tert-OH is 1. The Balaban J connectivity index is 0.971. The van der Waals surface area contributed by atoms with Gasteiger partial charge in [0, 0.05) is 18.3 Å². The van der Waals surface area contributed by atoms with Gasteiger partial charge < -0.3 is 19.3 Å². The Kier molecular flexibility index (Phi) is 9.08. The summed E-state index contributed by atoms with van der Waals surface area (Å²) in [5.74, 6) is -0.410. The van der Waals surface area contributed by atoms with E-state index in [2.05, 4.69) is 60.1 Å². The van der Waals surface area contributed by atoms with E-state index < -0.39 is 18.3 Å². The Morgan fingerprint density at radius 2 is 1.37 bits per heavy atom. The van der Waals surface area contributed by atoms with E-state index in [0.29, 0.717) is 19.6 Å². The van der Waals surface area contributed by atoms with Crippen LogP contribution in [0.2, 0.25) is 0 Å². The fraction of sp³-hybridized carbons (Fsp3) is 0.256.